The van der Waals surface area contributed by atoms with Gasteiger partial charge in [-0.25, -0.2) is 4.98 Å². The minimum atomic E-state index is -0.852. The molecule has 11 rings (SSSR count). The highest BCUT2D eigenvalue weighted by Crippen LogP contribution is 2.40. The fourth-order valence-corrected chi connectivity index (χ4v) is 11.8. The molecule has 0 fully saturated rings. The van der Waals surface area contributed by atoms with E-state index in [1.165, 1.54) is 59.1 Å². The number of aromatic nitrogens is 4. The highest BCUT2D eigenvalue weighted by molar-refractivity contribution is 7.80. The van der Waals surface area contributed by atoms with Gasteiger partial charge in [-0.2, -0.15) is 0 Å². The second-order valence-electron chi connectivity index (χ2n) is 13.6. The first-order chi connectivity index (χ1) is 26.8. The monoisotopic (exact) mass is 726 g/mol. The van der Waals surface area contributed by atoms with Crippen molar-refractivity contribution >= 4 is 103 Å². The first kappa shape index (κ1) is 31.4. The average molecular weight is 727 g/mol. The Kier molecular flexibility index (Phi) is 7.40. The van der Waals surface area contributed by atoms with Crippen molar-refractivity contribution in [2.75, 3.05) is 0 Å². The van der Waals surface area contributed by atoms with Gasteiger partial charge in [0, 0.05) is 55.9 Å². The van der Waals surface area contributed by atoms with E-state index in [1.807, 2.05) is 12.4 Å². The van der Waals surface area contributed by atoms with Crippen LogP contribution in [0.5, 0.6) is 0 Å². The fourth-order valence-electron chi connectivity index (χ4n) is 8.19. The van der Waals surface area contributed by atoms with Gasteiger partial charge in [-0.15, -0.1) is 0 Å². The van der Waals surface area contributed by atoms with Gasteiger partial charge < -0.3 is 4.98 Å². The van der Waals surface area contributed by atoms with Gasteiger partial charge in [0.1, 0.15) is 5.65 Å². The molecule has 0 bridgehead atoms. The van der Waals surface area contributed by atoms with E-state index in [0.717, 1.165) is 38.7 Å². The van der Waals surface area contributed by atoms with Crippen molar-refractivity contribution in [1.82, 2.24) is 19.4 Å². The highest BCUT2D eigenvalue weighted by Gasteiger charge is 2.23. The number of nitrogens with zero attached hydrogens (tertiary/aromatic N) is 3. The molecule has 11 aromatic rings. The molecule has 1 N–H and O–H groups in total. The number of imidazole rings is 1. The van der Waals surface area contributed by atoms with E-state index >= 15 is 0 Å². The van der Waals surface area contributed by atoms with Crippen LogP contribution in [0.15, 0.2) is 182 Å². The van der Waals surface area contributed by atoms with Gasteiger partial charge in [0.25, 0.3) is 0 Å². The quantitative estimate of drug-likeness (QED) is 0.137. The van der Waals surface area contributed by atoms with Gasteiger partial charge in [-0.1, -0.05) is 154 Å². The minimum absolute atomic E-state index is 0.430. The lowest BCUT2D eigenvalue weighted by Crippen LogP contribution is -2.22. The molecule has 0 saturated heterocycles. The Hall–Kier alpha value is -6.18. The van der Waals surface area contributed by atoms with Gasteiger partial charge in [-0.3, -0.25) is 9.38 Å². The van der Waals surface area contributed by atoms with Crippen molar-refractivity contribution < 1.29 is 0 Å². The maximum atomic E-state index is 5.44. The molecule has 1 atom stereocenters. The molecule has 1 unspecified atom stereocenters. The molecule has 0 aliphatic carbocycles. The zero-order valence-electron chi connectivity index (χ0n) is 29.1. The van der Waals surface area contributed by atoms with Crippen molar-refractivity contribution in [2.45, 2.75) is 0 Å². The van der Waals surface area contributed by atoms with Gasteiger partial charge in [0.05, 0.1) is 22.1 Å². The van der Waals surface area contributed by atoms with Gasteiger partial charge in [0.15, 0.2) is 0 Å². The molecule has 0 spiro atoms. The molecule has 4 nitrogen and oxygen atoms in total. The Bertz CT molecular complexity index is 3170. The van der Waals surface area contributed by atoms with Crippen LogP contribution in [-0.2, 0) is 0 Å². The third-order valence-electron chi connectivity index (χ3n) is 10.6. The fraction of sp³-hybridized carbons (Fsp3) is 0. The molecular formula is C48H32N4P2. The number of hydrogen-bond donors (Lipinski definition) is 1. The molecule has 4 heterocycles. The number of rotatable bonds is 6. The van der Waals surface area contributed by atoms with Crippen molar-refractivity contribution in [1.29, 1.82) is 0 Å². The summed E-state index contributed by atoms with van der Waals surface area (Å²) >= 11 is 0. The summed E-state index contributed by atoms with van der Waals surface area (Å²) in [5.41, 5.74) is 8.97. The van der Waals surface area contributed by atoms with Crippen molar-refractivity contribution in [3.63, 3.8) is 0 Å². The maximum Gasteiger partial charge on any atom is 0.146 e. The second-order valence-corrected chi connectivity index (χ2v) is 17.2. The van der Waals surface area contributed by atoms with Crippen LogP contribution in [0.3, 0.4) is 0 Å². The lowest BCUT2D eigenvalue weighted by atomic mass is 10.0. The molecule has 4 aromatic heterocycles. The topological polar surface area (TPSA) is 46.0 Å². The van der Waals surface area contributed by atoms with Crippen LogP contribution in [0.1, 0.15) is 0 Å². The number of H-pyrrole nitrogens is 1. The average Bonchev–Trinajstić information content (AvgIpc) is 3.81. The summed E-state index contributed by atoms with van der Waals surface area (Å²) in [6.07, 6.45) is 3.93. The summed E-state index contributed by atoms with van der Waals surface area (Å²) in [4.78, 5) is 13.7. The molecule has 254 valence electrons. The number of hydrogen-bond acceptors (Lipinski definition) is 2. The lowest BCUT2D eigenvalue weighted by molar-refractivity contribution is 1.32. The van der Waals surface area contributed by atoms with Crippen LogP contribution >= 0.6 is 16.5 Å². The largest absolute Gasteiger partial charge is 0.354 e. The molecule has 0 saturated carbocycles. The molecule has 0 radical (unpaired) electrons. The van der Waals surface area contributed by atoms with Crippen LogP contribution in [0.4, 0.5) is 0 Å². The predicted molar refractivity (Wildman–Crippen MR) is 233 cm³/mol. The predicted octanol–water partition coefficient (Wildman–Crippen LogP) is 9.88. The third-order valence-corrected chi connectivity index (χ3v) is 14.3. The zero-order chi connectivity index (χ0) is 35.6. The first-order valence-corrected chi connectivity index (χ1v) is 20.5. The molecule has 0 aliphatic heterocycles. The van der Waals surface area contributed by atoms with Gasteiger partial charge in [-0.05, 0) is 58.8 Å². The summed E-state index contributed by atoms with van der Waals surface area (Å²) in [6, 6.07) is 61.7. The van der Waals surface area contributed by atoms with E-state index in [-0.39, 0.29) is 0 Å². The Morgan fingerprint density at radius 1 is 0.556 bits per heavy atom. The molecule has 0 amide bonds. The van der Waals surface area contributed by atoms with Crippen LogP contribution in [0, 0.1) is 0 Å². The smallest absolute Gasteiger partial charge is 0.146 e. The standard InChI is InChI=1S/C48H32N4P2/c1-3-13-32(14-4-1)54(33-15-5-2-6-16-33)45-24-12-22-38-34-17-7-8-19-39(34)48-51-42-29-31(25-26-43(42)52(48)47(38)45)53-44-27-28-49-30-40(44)37-21-11-20-36-35-18-9-10-23-41(35)50-46(36)37/h1-30,50,53H. The van der Waals surface area contributed by atoms with E-state index in [4.69, 9.17) is 4.98 Å². The second kappa shape index (κ2) is 12.7. The number of fused-ring (bicyclic) bond motifs is 11. The highest BCUT2D eigenvalue weighted by atomic mass is 31.1. The van der Waals surface area contributed by atoms with E-state index in [1.54, 1.807) is 0 Å². The lowest BCUT2D eigenvalue weighted by Gasteiger charge is -2.22. The van der Waals surface area contributed by atoms with Gasteiger partial charge >= 0.3 is 0 Å². The summed E-state index contributed by atoms with van der Waals surface area (Å²) in [5.74, 6) is 0. The van der Waals surface area contributed by atoms with E-state index in [9.17, 15) is 0 Å². The summed E-state index contributed by atoms with van der Waals surface area (Å²) in [7, 11) is -0.422. The number of aromatic amines is 1. The molecule has 54 heavy (non-hydrogen) atoms. The molecule has 0 aliphatic rings. The van der Waals surface area contributed by atoms with Crippen molar-refractivity contribution in [3.05, 3.63) is 182 Å². The van der Waals surface area contributed by atoms with Crippen molar-refractivity contribution in [3.8, 4) is 11.1 Å². The first-order valence-electron chi connectivity index (χ1n) is 18.2. The minimum Gasteiger partial charge on any atom is -0.354 e. The van der Waals surface area contributed by atoms with E-state index in [2.05, 4.69) is 184 Å². The van der Waals surface area contributed by atoms with Crippen LogP contribution < -0.4 is 26.5 Å². The Morgan fingerprint density at radius 2 is 1.24 bits per heavy atom. The van der Waals surface area contributed by atoms with E-state index < -0.39 is 7.92 Å². The summed E-state index contributed by atoms with van der Waals surface area (Å²) in [6.45, 7) is 0. The zero-order valence-corrected chi connectivity index (χ0v) is 31.0. The third kappa shape index (κ3) is 4.99. The Morgan fingerprint density at radius 3 is 2.06 bits per heavy atom. The maximum absolute atomic E-state index is 5.44. The van der Waals surface area contributed by atoms with E-state index in [0.29, 0.717) is 8.58 Å². The summed E-state index contributed by atoms with van der Waals surface area (Å²) in [5, 5.41) is 12.6. The number of nitrogens with one attached hydrogen (secondary N) is 1. The van der Waals surface area contributed by atoms with Crippen LogP contribution in [0.25, 0.3) is 71.3 Å². The SMILES string of the molecule is c1ccc(P(c2ccccc2)c2cccc3c4ccccc4c4nc5cc(Pc6ccncc6-c6cccc7c6[nH]c6ccccc67)ccc5n4c23)cc1. The van der Waals surface area contributed by atoms with Crippen LogP contribution in [-0.4, -0.2) is 19.4 Å². The summed E-state index contributed by atoms with van der Waals surface area (Å²) < 4.78 is 2.44. The molecule has 6 heteroatoms. The number of pyridine rings is 2. The normalized spacial score (nSPS) is 12.2. The molecular weight excluding hydrogens is 695 g/mol. The van der Waals surface area contributed by atoms with Crippen LogP contribution in [0.2, 0.25) is 0 Å². The molecule has 7 aromatic carbocycles. The Labute approximate surface area is 314 Å². The van der Waals surface area contributed by atoms with Gasteiger partial charge in [0.2, 0.25) is 0 Å². The van der Waals surface area contributed by atoms with Crippen molar-refractivity contribution in [2.24, 2.45) is 0 Å². The number of benzene rings is 7. The number of para-hydroxylation sites is 3. The Balaban J connectivity index is 1.11.